The molecule has 1 atom stereocenters. The van der Waals surface area contributed by atoms with E-state index in [0.29, 0.717) is 11.5 Å². The molecule has 0 fully saturated rings. The van der Waals surface area contributed by atoms with Gasteiger partial charge in [0, 0.05) is 12.0 Å². The molecule has 154 valence electrons. The Bertz CT molecular complexity index is 1090. The van der Waals surface area contributed by atoms with Gasteiger partial charge in [-0.15, -0.1) is 12.4 Å². The zero-order valence-electron chi connectivity index (χ0n) is 17.1. The highest BCUT2D eigenvalue weighted by Crippen LogP contribution is 2.21. The van der Waals surface area contributed by atoms with E-state index in [1.54, 1.807) is 6.92 Å². The number of rotatable bonds is 4. The van der Waals surface area contributed by atoms with E-state index in [1.165, 1.54) is 0 Å². The fraction of sp³-hybridized carbons (Fsp3) is 0.318. The Hall–Kier alpha value is -2.70. The predicted molar refractivity (Wildman–Crippen MR) is 119 cm³/mol. The highest BCUT2D eigenvalue weighted by molar-refractivity contribution is 5.95. The number of aromatic amines is 1. The van der Waals surface area contributed by atoms with Gasteiger partial charge in [-0.05, 0) is 29.3 Å². The van der Waals surface area contributed by atoms with Crippen molar-refractivity contribution in [2.24, 2.45) is 5.73 Å². The summed E-state index contributed by atoms with van der Waals surface area (Å²) in [7, 11) is 0. The number of amides is 1. The van der Waals surface area contributed by atoms with Crippen molar-refractivity contribution in [2.75, 3.05) is 6.54 Å². The van der Waals surface area contributed by atoms with Crippen molar-refractivity contribution in [3.63, 3.8) is 0 Å². The quantitative estimate of drug-likeness (QED) is 0.609. The fourth-order valence-electron chi connectivity index (χ4n) is 3.14. The summed E-state index contributed by atoms with van der Waals surface area (Å²) in [4.78, 5) is 32.5. The van der Waals surface area contributed by atoms with Crippen LogP contribution in [-0.2, 0) is 5.41 Å². The van der Waals surface area contributed by atoms with E-state index in [-0.39, 0.29) is 29.9 Å². The van der Waals surface area contributed by atoms with Gasteiger partial charge in [0.2, 0.25) is 0 Å². The molecule has 7 heteroatoms. The first-order valence-corrected chi connectivity index (χ1v) is 9.31. The number of hydrogen-bond acceptors (Lipinski definition) is 4. The molecule has 29 heavy (non-hydrogen) atoms. The van der Waals surface area contributed by atoms with E-state index in [0.717, 1.165) is 16.3 Å². The summed E-state index contributed by atoms with van der Waals surface area (Å²) in [5, 5.41) is 5.06. The van der Waals surface area contributed by atoms with Crippen LogP contribution in [-0.4, -0.2) is 22.4 Å². The van der Waals surface area contributed by atoms with Crippen LogP contribution in [0.3, 0.4) is 0 Å². The van der Waals surface area contributed by atoms with Crippen LogP contribution >= 0.6 is 12.4 Å². The Morgan fingerprint density at radius 2 is 1.83 bits per heavy atom. The van der Waals surface area contributed by atoms with E-state index in [9.17, 15) is 9.59 Å². The predicted octanol–water partition coefficient (Wildman–Crippen LogP) is 3.38. The Kier molecular flexibility index (Phi) is 6.82. The minimum absolute atomic E-state index is 0. The number of benzene rings is 2. The van der Waals surface area contributed by atoms with Gasteiger partial charge in [-0.2, -0.15) is 0 Å². The van der Waals surface area contributed by atoms with Gasteiger partial charge < -0.3 is 16.0 Å². The van der Waals surface area contributed by atoms with Crippen molar-refractivity contribution >= 4 is 29.1 Å². The number of aromatic nitrogens is 2. The Morgan fingerprint density at radius 1 is 1.17 bits per heavy atom. The molecule has 1 amide bonds. The van der Waals surface area contributed by atoms with Crippen LogP contribution in [0.15, 0.2) is 47.3 Å². The van der Waals surface area contributed by atoms with Crippen molar-refractivity contribution in [3.05, 3.63) is 75.5 Å². The molecule has 0 radical (unpaired) electrons. The molecule has 2 aromatic carbocycles. The number of hydrogen-bond donors (Lipinski definition) is 3. The molecule has 3 aromatic rings. The Morgan fingerprint density at radius 3 is 2.41 bits per heavy atom. The maximum atomic E-state index is 12.8. The Labute approximate surface area is 176 Å². The lowest BCUT2D eigenvalue weighted by Gasteiger charge is -2.20. The first kappa shape index (κ1) is 22.6. The number of halogens is 1. The molecular formula is C22H27ClN4O2. The summed E-state index contributed by atoms with van der Waals surface area (Å²) < 4.78 is 0. The van der Waals surface area contributed by atoms with Gasteiger partial charge in [0.05, 0.1) is 11.7 Å². The molecule has 3 rings (SSSR count). The summed E-state index contributed by atoms with van der Waals surface area (Å²) in [5.74, 6) is 0.0757. The molecule has 1 aromatic heterocycles. The monoisotopic (exact) mass is 414 g/mol. The van der Waals surface area contributed by atoms with Crippen LogP contribution in [0.1, 0.15) is 54.3 Å². The van der Waals surface area contributed by atoms with Crippen LogP contribution in [0.25, 0.3) is 10.8 Å². The van der Waals surface area contributed by atoms with Crippen molar-refractivity contribution < 1.29 is 4.79 Å². The van der Waals surface area contributed by atoms with E-state index >= 15 is 0 Å². The molecule has 0 saturated heterocycles. The second-order valence-electron chi connectivity index (χ2n) is 7.99. The van der Waals surface area contributed by atoms with Crippen LogP contribution in [0.4, 0.5) is 0 Å². The number of nitrogens with two attached hydrogens (primary N) is 1. The van der Waals surface area contributed by atoms with Crippen LogP contribution in [0.2, 0.25) is 0 Å². The molecule has 4 N–H and O–H groups in total. The highest BCUT2D eigenvalue weighted by Gasteiger charge is 2.23. The standard InChI is InChI=1S/C22H26N4O2.ClH/c1-13-18(20(28)26-21(24-13)22(2,3)4)19(27)25-17(12-23)16-10-9-14-7-5-6-8-15(14)11-16;/h5-11,17H,12,23H2,1-4H3,(H,25,27)(H,24,26,28);1H. The third-order valence-corrected chi connectivity index (χ3v) is 4.75. The SMILES string of the molecule is Cc1nc(C(C)(C)C)[nH]c(=O)c1C(=O)NC(CN)c1ccc2ccccc2c1.Cl. The van der Waals surface area contributed by atoms with Gasteiger partial charge in [-0.25, -0.2) is 4.98 Å². The van der Waals surface area contributed by atoms with Gasteiger partial charge in [-0.1, -0.05) is 57.2 Å². The summed E-state index contributed by atoms with van der Waals surface area (Å²) in [6, 6.07) is 13.5. The van der Waals surface area contributed by atoms with Crippen LogP contribution in [0, 0.1) is 6.92 Å². The van der Waals surface area contributed by atoms with E-state index in [2.05, 4.69) is 15.3 Å². The molecule has 0 spiro atoms. The average Bonchev–Trinajstić information content (AvgIpc) is 2.64. The normalized spacial score (nSPS) is 12.3. The third kappa shape index (κ3) is 4.83. The topological polar surface area (TPSA) is 101 Å². The number of carbonyl (C=O) groups excluding carboxylic acids is 1. The number of aryl methyl sites for hydroxylation is 1. The molecule has 0 aliphatic heterocycles. The van der Waals surface area contributed by atoms with Crippen LogP contribution < -0.4 is 16.6 Å². The minimum atomic E-state index is -0.477. The van der Waals surface area contributed by atoms with E-state index in [4.69, 9.17) is 5.73 Å². The second-order valence-corrected chi connectivity index (χ2v) is 7.99. The third-order valence-electron chi connectivity index (χ3n) is 4.75. The number of nitrogens with one attached hydrogen (secondary N) is 2. The zero-order valence-corrected chi connectivity index (χ0v) is 17.9. The van der Waals surface area contributed by atoms with Crippen molar-refractivity contribution in [1.29, 1.82) is 0 Å². The molecule has 1 unspecified atom stereocenters. The maximum absolute atomic E-state index is 12.8. The number of carbonyl (C=O) groups is 1. The summed E-state index contributed by atoms with van der Waals surface area (Å²) in [6.07, 6.45) is 0. The Balaban J connectivity index is 0.00000300. The number of H-pyrrole nitrogens is 1. The number of nitrogens with zero attached hydrogens (tertiary/aromatic N) is 1. The highest BCUT2D eigenvalue weighted by atomic mass is 35.5. The summed E-state index contributed by atoms with van der Waals surface area (Å²) in [5.41, 5.74) is 6.48. The van der Waals surface area contributed by atoms with Gasteiger partial charge >= 0.3 is 0 Å². The fourth-order valence-corrected chi connectivity index (χ4v) is 3.14. The molecule has 0 aliphatic rings. The lowest BCUT2D eigenvalue weighted by molar-refractivity contribution is 0.0935. The summed E-state index contributed by atoms with van der Waals surface area (Å²) in [6.45, 7) is 7.75. The molecular weight excluding hydrogens is 388 g/mol. The maximum Gasteiger partial charge on any atom is 0.264 e. The first-order valence-electron chi connectivity index (χ1n) is 9.31. The smallest absolute Gasteiger partial charge is 0.264 e. The van der Waals surface area contributed by atoms with Gasteiger partial charge in [0.25, 0.3) is 11.5 Å². The van der Waals surface area contributed by atoms with E-state index in [1.807, 2.05) is 63.2 Å². The second kappa shape index (κ2) is 8.76. The molecule has 0 saturated carbocycles. The zero-order chi connectivity index (χ0) is 20.5. The minimum Gasteiger partial charge on any atom is -0.344 e. The van der Waals surface area contributed by atoms with Crippen LogP contribution in [0.5, 0.6) is 0 Å². The van der Waals surface area contributed by atoms with Crippen molar-refractivity contribution in [2.45, 2.75) is 39.2 Å². The summed E-state index contributed by atoms with van der Waals surface area (Å²) >= 11 is 0. The molecule has 6 nitrogen and oxygen atoms in total. The van der Waals surface area contributed by atoms with E-state index < -0.39 is 17.5 Å². The molecule has 0 bridgehead atoms. The van der Waals surface area contributed by atoms with Gasteiger partial charge in [-0.3, -0.25) is 9.59 Å². The molecule has 0 aliphatic carbocycles. The van der Waals surface area contributed by atoms with Crippen molar-refractivity contribution in [3.8, 4) is 0 Å². The largest absolute Gasteiger partial charge is 0.344 e. The number of fused-ring (bicyclic) bond motifs is 1. The molecule has 1 heterocycles. The van der Waals surface area contributed by atoms with Crippen molar-refractivity contribution in [1.82, 2.24) is 15.3 Å². The first-order chi connectivity index (χ1) is 13.2. The average molecular weight is 415 g/mol. The lowest BCUT2D eigenvalue weighted by atomic mass is 9.95. The lowest BCUT2D eigenvalue weighted by Crippen LogP contribution is -2.38. The van der Waals surface area contributed by atoms with Gasteiger partial charge in [0.1, 0.15) is 11.4 Å². The van der Waals surface area contributed by atoms with Gasteiger partial charge in [0.15, 0.2) is 0 Å².